The molecular weight excluding hydrogens is 390 g/mol. The van der Waals surface area contributed by atoms with Gasteiger partial charge in [0.1, 0.15) is 0 Å². The number of carbonyl (C=O) groups excluding carboxylic acids is 3. The van der Waals surface area contributed by atoms with Gasteiger partial charge in [0.05, 0.1) is 16.8 Å². The molecule has 0 radical (unpaired) electrons. The molecule has 3 rings (SSSR count). The summed E-state index contributed by atoms with van der Waals surface area (Å²) in [6, 6.07) is 12.1. The Balaban J connectivity index is 1.77. The monoisotopic (exact) mass is 411 g/mol. The standard InChI is InChI=1S/C20H21N5O3S/c1-11(2)25-16-6-4-3-5-15(16)24-20(25)29-10-17(26)23-14-8-12(18(21)27)7-13(9-14)19(22)28/h3-9,11H,10H2,1-2H3,(H2,21,27)(H2,22,28)(H,23,26). The number of imidazole rings is 1. The van der Waals surface area contributed by atoms with E-state index in [1.807, 2.05) is 24.3 Å². The predicted molar refractivity (Wildman–Crippen MR) is 113 cm³/mol. The fraction of sp³-hybridized carbons (Fsp3) is 0.200. The Kier molecular flexibility index (Phi) is 5.88. The van der Waals surface area contributed by atoms with Crippen LogP contribution >= 0.6 is 11.8 Å². The van der Waals surface area contributed by atoms with Crippen molar-refractivity contribution < 1.29 is 14.4 Å². The van der Waals surface area contributed by atoms with Crippen molar-refractivity contribution in [1.82, 2.24) is 9.55 Å². The number of carbonyl (C=O) groups is 3. The zero-order chi connectivity index (χ0) is 21.1. The number of thioether (sulfide) groups is 1. The molecule has 0 aliphatic heterocycles. The molecule has 0 spiro atoms. The fourth-order valence-corrected chi connectivity index (χ4v) is 3.88. The normalized spacial score (nSPS) is 11.0. The molecule has 0 saturated carbocycles. The molecule has 0 aliphatic carbocycles. The molecule has 3 aromatic rings. The van der Waals surface area contributed by atoms with Gasteiger partial charge in [-0.15, -0.1) is 0 Å². The lowest BCUT2D eigenvalue weighted by Crippen LogP contribution is -2.19. The molecule has 1 aromatic heterocycles. The third kappa shape index (κ3) is 4.57. The van der Waals surface area contributed by atoms with Gasteiger partial charge in [-0.3, -0.25) is 14.4 Å². The van der Waals surface area contributed by atoms with Crippen molar-refractivity contribution in [2.75, 3.05) is 11.1 Å². The van der Waals surface area contributed by atoms with E-state index in [4.69, 9.17) is 11.5 Å². The summed E-state index contributed by atoms with van der Waals surface area (Å²) in [4.78, 5) is 40.0. The van der Waals surface area contributed by atoms with Crippen molar-refractivity contribution in [1.29, 1.82) is 0 Å². The summed E-state index contributed by atoms with van der Waals surface area (Å²) in [5, 5.41) is 3.41. The minimum atomic E-state index is -0.719. The Morgan fingerprint density at radius 2 is 1.69 bits per heavy atom. The number of amides is 3. The SMILES string of the molecule is CC(C)n1c(SCC(=O)Nc2cc(C(N)=O)cc(C(N)=O)c2)nc2ccccc21. The van der Waals surface area contributed by atoms with Crippen LogP contribution in [-0.2, 0) is 4.79 Å². The van der Waals surface area contributed by atoms with Crippen LogP contribution in [0.4, 0.5) is 5.69 Å². The lowest BCUT2D eigenvalue weighted by atomic mass is 10.1. The van der Waals surface area contributed by atoms with Gasteiger partial charge in [-0.2, -0.15) is 0 Å². The maximum absolute atomic E-state index is 12.4. The van der Waals surface area contributed by atoms with E-state index in [1.54, 1.807) is 0 Å². The number of rotatable bonds is 7. The van der Waals surface area contributed by atoms with Gasteiger partial charge in [0.25, 0.3) is 0 Å². The van der Waals surface area contributed by atoms with E-state index in [1.165, 1.54) is 30.0 Å². The summed E-state index contributed by atoms with van der Waals surface area (Å²) in [6.07, 6.45) is 0. The number of para-hydroxylation sites is 2. The number of aromatic nitrogens is 2. The van der Waals surface area contributed by atoms with E-state index in [-0.39, 0.29) is 34.5 Å². The predicted octanol–water partition coefficient (Wildman–Crippen LogP) is 2.55. The summed E-state index contributed by atoms with van der Waals surface area (Å²) in [5.41, 5.74) is 12.9. The van der Waals surface area contributed by atoms with Crippen LogP contribution in [0.15, 0.2) is 47.6 Å². The van der Waals surface area contributed by atoms with Gasteiger partial charge >= 0.3 is 0 Å². The molecule has 0 atom stereocenters. The highest BCUT2D eigenvalue weighted by Crippen LogP contribution is 2.27. The summed E-state index contributed by atoms with van der Waals surface area (Å²) in [7, 11) is 0. The fourth-order valence-electron chi connectivity index (χ4n) is 2.93. The lowest BCUT2D eigenvalue weighted by Gasteiger charge is -2.12. The molecule has 150 valence electrons. The number of nitrogens with zero attached hydrogens (tertiary/aromatic N) is 2. The van der Waals surface area contributed by atoms with Gasteiger partial charge in [-0.05, 0) is 44.2 Å². The van der Waals surface area contributed by atoms with Crippen LogP contribution in [0.1, 0.15) is 40.6 Å². The average molecular weight is 411 g/mol. The van der Waals surface area contributed by atoms with Crippen LogP contribution in [-0.4, -0.2) is 33.0 Å². The molecule has 1 heterocycles. The summed E-state index contributed by atoms with van der Waals surface area (Å²) in [5.74, 6) is -1.65. The van der Waals surface area contributed by atoms with Crippen LogP contribution < -0.4 is 16.8 Å². The number of fused-ring (bicyclic) bond motifs is 1. The Morgan fingerprint density at radius 1 is 1.07 bits per heavy atom. The Labute approximate surface area is 171 Å². The molecule has 0 saturated heterocycles. The lowest BCUT2D eigenvalue weighted by molar-refractivity contribution is -0.113. The molecule has 0 fully saturated rings. The summed E-state index contributed by atoms with van der Waals surface area (Å²) in [6.45, 7) is 4.11. The average Bonchev–Trinajstić information content (AvgIpc) is 3.04. The third-order valence-corrected chi connectivity index (χ3v) is 5.15. The van der Waals surface area contributed by atoms with Crippen molar-refractivity contribution in [2.45, 2.75) is 25.0 Å². The van der Waals surface area contributed by atoms with E-state index in [9.17, 15) is 14.4 Å². The van der Waals surface area contributed by atoms with E-state index < -0.39 is 11.8 Å². The van der Waals surface area contributed by atoms with Crippen LogP contribution in [0.5, 0.6) is 0 Å². The van der Waals surface area contributed by atoms with Crippen molar-refractivity contribution >= 4 is 46.2 Å². The van der Waals surface area contributed by atoms with Gasteiger partial charge < -0.3 is 21.4 Å². The smallest absolute Gasteiger partial charge is 0.248 e. The van der Waals surface area contributed by atoms with Crippen LogP contribution in [0.25, 0.3) is 11.0 Å². The quantitative estimate of drug-likeness (QED) is 0.514. The van der Waals surface area contributed by atoms with E-state index in [0.717, 1.165) is 16.2 Å². The first-order valence-corrected chi connectivity index (χ1v) is 9.89. The molecule has 29 heavy (non-hydrogen) atoms. The number of benzene rings is 2. The number of anilines is 1. The van der Waals surface area contributed by atoms with Crippen molar-refractivity contribution in [3.63, 3.8) is 0 Å². The number of primary amides is 2. The zero-order valence-corrected chi connectivity index (χ0v) is 16.8. The number of nitrogens with one attached hydrogen (secondary N) is 1. The molecule has 9 heteroatoms. The van der Waals surface area contributed by atoms with Crippen molar-refractivity contribution in [3.05, 3.63) is 53.6 Å². The molecule has 0 unspecified atom stereocenters. The second-order valence-electron chi connectivity index (χ2n) is 6.71. The topological polar surface area (TPSA) is 133 Å². The summed E-state index contributed by atoms with van der Waals surface area (Å²) < 4.78 is 2.08. The molecule has 5 N–H and O–H groups in total. The van der Waals surface area contributed by atoms with Gasteiger partial charge in [0, 0.05) is 22.9 Å². The van der Waals surface area contributed by atoms with Gasteiger partial charge in [0.2, 0.25) is 17.7 Å². The Morgan fingerprint density at radius 3 is 2.28 bits per heavy atom. The second kappa shape index (κ2) is 8.36. The molecule has 8 nitrogen and oxygen atoms in total. The first-order valence-electron chi connectivity index (χ1n) is 8.90. The van der Waals surface area contributed by atoms with E-state index in [2.05, 4.69) is 28.7 Å². The molecule has 0 bridgehead atoms. The van der Waals surface area contributed by atoms with Crippen LogP contribution in [0.2, 0.25) is 0 Å². The third-order valence-electron chi connectivity index (χ3n) is 4.20. The minimum absolute atomic E-state index is 0.0888. The molecular formula is C20H21N5O3S. The molecule has 0 aliphatic rings. The molecule has 3 amide bonds. The van der Waals surface area contributed by atoms with Crippen molar-refractivity contribution in [2.24, 2.45) is 11.5 Å². The Hall–Kier alpha value is -3.33. The maximum Gasteiger partial charge on any atom is 0.248 e. The summed E-state index contributed by atoms with van der Waals surface area (Å²) >= 11 is 1.31. The minimum Gasteiger partial charge on any atom is -0.366 e. The van der Waals surface area contributed by atoms with E-state index in [0.29, 0.717) is 0 Å². The molecule has 2 aromatic carbocycles. The number of hydrogen-bond donors (Lipinski definition) is 3. The zero-order valence-electron chi connectivity index (χ0n) is 16.0. The highest BCUT2D eigenvalue weighted by Gasteiger charge is 2.16. The largest absolute Gasteiger partial charge is 0.366 e. The van der Waals surface area contributed by atoms with Gasteiger partial charge in [-0.1, -0.05) is 23.9 Å². The Bertz CT molecular complexity index is 1070. The van der Waals surface area contributed by atoms with Gasteiger partial charge in [-0.25, -0.2) is 4.98 Å². The van der Waals surface area contributed by atoms with E-state index >= 15 is 0 Å². The van der Waals surface area contributed by atoms with Gasteiger partial charge in [0.15, 0.2) is 5.16 Å². The van der Waals surface area contributed by atoms with Crippen LogP contribution in [0, 0.1) is 0 Å². The number of hydrogen-bond acceptors (Lipinski definition) is 5. The highest BCUT2D eigenvalue weighted by atomic mass is 32.2. The number of nitrogens with two attached hydrogens (primary N) is 2. The van der Waals surface area contributed by atoms with Crippen molar-refractivity contribution in [3.8, 4) is 0 Å². The first kappa shape index (κ1) is 20.4. The second-order valence-corrected chi connectivity index (χ2v) is 7.65. The first-order chi connectivity index (χ1) is 13.8. The van der Waals surface area contributed by atoms with Crippen LogP contribution in [0.3, 0.4) is 0 Å². The maximum atomic E-state index is 12.4. The highest BCUT2D eigenvalue weighted by molar-refractivity contribution is 7.99.